The number of aromatic nitrogens is 3. The number of H-pyrrole nitrogens is 1. The Kier molecular flexibility index (Phi) is 15.3. The van der Waals surface area contributed by atoms with E-state index in [0.29, 0.717) is 35.5 Å². The van der Waals surface area contributed by atoms with Gasteiger partial charge in [0.1, 0.15) is 11.3 Å². The van der Waals surface area contributed by atoms with Crippen LogP contribution in [-0.2, 0) is 11.3 Å². The number of nitrogens with one attached hydrogen (secondary N) is 6. The molecule has 3 rings (SSSR count). The van der Waals surface area contributed by atoms with Crippen molar-refractivity contribution in [3.05, 3.63) is 51.9 Å². The second-order valence-corrected chi connectivity index (χ2v) is 11.5. The molecule has 0 aliphatic rings. The summed E-state index contributed by atoms with van der Waals surface area (Å²) >= 11 is 2.39. The molecule has 0 aliphatic carbocycles. The summed E-state index contributed by atoms with van der Waals surface area (Å²) in [6.45, 7) is 7.60. The van der Waals surface area contributed by atoms with E-state index in [4.69, 9.17) is 5.73 Å². The second kappa shape index (κ2) is 19.2. The van der Waals surface area contributed by atoms with Gasteiger partial charge in [0.15, 0.2) is 5.82 Å². The first-order valence-corrected chi connectivity index (χ1v) is 16.7. The number of hydrogen-bond donors (Lipinski definition) is 7. The van der Waals surface area contributed by atoms with Crippen molar-refractivity contribution in [2.45, 2.75) is 52.0 Å². The molecular weight excluding hydrogens is 661 g/mol. The average molecular weight is 708 g/mol. The van der Waals surface area contributed by atoms with E-state index in [1.54, 1.807) is 28.8 Å². The van der Waals surface area contributed by atoms with Crippen LogP contribution in [0.5, 0.6) is 0 Å². The maximum absolute atomic E-state index is 12.7. The molecule has 8 N–H and O–H groups in total. The van der Waals surface area contributed by atoms with Crippen molar-refractivity contribution in [3.63, 3.8) is 0 Å². The molecule has 2 heterocycles. The average Bonchev–Trinajstić information content (AvgIpc) is 3.32. The number of carbonyl (C=O) groups is 2. The summed E-state index contributed by atoms with van der Waals surface area (Å²) in [5.41, 5.74) is 8.24. The molecule has 2 aromatic heterocycles. The topological polar surface area (TPSA) is 171 Å². The largest absolute Gasteiger partial charge is 0.382 e. The van der Waals surface area contributed by atoms with Gasteiger partial charge in [-0.15, -0.1) is 0 Å². The Labute approximate surface area is 266 Å². The molecule has 43 heavy (non-hydrogen) atoms. The number of rotatable bonds is 21. The lowest BCUT2D eigenvalue weighted by Crippen LogP contribution is -2.37. The number of halogens is 1. The first kappa shape index (κ1) is 34.3. The lowest BCUT2D eigenvalue weighted by atomic mass is 10.1. The zero-order chi connectivity index (χ0) is 30.9. The van der Waals surface area contributed by atoms with Crippen LogP contribution >= 0.6 is 22.6 Å². The molecule has 0 saturated heterocycles. The molecule has 1 aromatic carbocycles. The van der Waals surface area contributed by atoms with E-state index in [2.05, 4.69) is 66.1 Å². The van der Waals surface area contributed by atoms with Gasteiger partial charge in [0.05, 0.1) is 18.6 Å². The van der Waals surface area contributed by atoms with Gasteiger partial charge in [-0.3, -0.25) is 14.2 Å². The number of aromatic amines is 1. The molecule has 2 amide bonds. The Bertz CT molecular complexity index is 1340. The van der Waals surface area contributed by atoms with Crippen molar-refractivity contribution in [2.24, 2.45) is 0 Å². The third kappa shape index (κ3) is 11.8. The summed E-state index contributed by atoms with van der Waals surface area (Å²) in [6.07, 6.45) is 6.38. The Morgan fingerprint density at radius 2 is 1.63 bits per heavy atom. The van der Waals surface area contributed by atoms with Crippen LogP contribution in [0.25, 0.3) is 11.0 Å². The minimum Gasteiger partial charge on any atom is -0.382 e. The highest BCUT2D eigenvalue weighted by atomic mass is 127. The van der Waals surface area contributed by atoms with E-state index in [1.807, 2.05) is 6.07 Å². The van der Waals surface area contributed by atoms with Crippen molar-refractivity contribution in [2.75, 3.05) is 61.3 Å². The lowest BCUT2D eigenvalue weighted by Gasteiger charge is -2.10. The highest BCUT2D eigenvalue weighted by Crippen LogP contribution is 2.21. The summed E-state index contributed by atoms with van der Waals surface area (Å²) in [5.74, 6) is 0.323. The minimum absolute atomic E-state index is 0.0899. The van der Waals surface area contributed by atoms with E-state index in [9.17, 15) is 14.4 Å². The van der Waals surface area contributed by atoms with Crippen LogP contribution in [0, 0.1) is 0 Å². The Hall–Kier alpha value is -3.17. The first-order valence-electron chi connectivity index (χ1n) is 15.2. The maximum Gasteiger partial charge on any atom is 0.326 e. The molecule has 0 bridgehead atoms. The number of nitrogen functional groups attached to an aromatic ring is 1. The number of hydrogen-bond acceptors (Lipinski definition) is 8. The van der Waals surface area contributed by atoms with Gasteiger partial charge in [-0.25, -0.2) is 9.78 Å². The van der Waals surface area contributed by atoms with Gasteiger partial charge in [-0.2, -0.15) is 0 Å². The SMILES string of the molecule is CCCCNc1cc2c([nH]c(=O)n2Cc2ccc(C(=O)NCC(=O)NCCCNCCCCNCCCI)cc2)c(N)n1. The number of alkyl halides is 1. The summed E-state index contributed by atoms with van der Waals surface area (Å²) in [5, 5.41) is 15.6. The summed E-state index contributed by atoms with van der Waals surface area (Å²) in [4.78, 5) is 44.5. The molecule has 0 saturated carbocycles. The molecule has 0 radical (unpaired) electrons. The fourth-order valence-electron chi connectivity index (χ4n) is 4.47. The van der Waals surface area contributed by atoms with E-state index in [1.165, 1.54) is 10.8 Å². The molecule has 13 heteroatoms. The standard InChI is InChI=1S/C30H46IN9O3/c1-2-3-17-35-25-19-24-27(28(32)38-25)39-30(43)40(24)21-22-8-10-23(11-9-22)29(42)37-20-26(41)36-18-7-16-34-14-5-4-13-33-15-6-12-31/h8-11,19,33-34H,2-7,12-18,20-21H2,1H3,(H,36,41)(H,37,42)(H,39,43)(H3,32,35,38). The number of amides is 2. The van der Waals surface area contributed by atoms with E-state index in [0.717, 1.165) is 70.4 Å². The highest BCUT2D eigenvalue weighted by Gasteiger charge is 2.13. The van der Waals surface area contributed by atoms with E-state index < -0.39 is 0 Å². The van der Waals surface area contributed by atoms with Crippen molar-refractivity contribution >= 4 is 57.1 Å². The van der Waals surface area contributed by atoms with Crippen LogP contribution in [0.4, 0.5) is 11.6 Å². The van der Waals surface area contributed by atoms with Crippen LogP contribution < -0.4 is 38.0 Å². The number of nitrogens with two attached hydrogens (primary N) is 1. The third-order valence-corrected chi connectivity index (χ3v) is 7.66. The van der Waals surface area contributed by atoms with E-state index >= 15 is 0 Å². The summed E-state index contributed by atoms with van der Waals surface area (Å²) in [7, 11) is 0. The van der Waals surface area contributed by atoms with Crippen molar-refractivity contribution in [3.8, 4) is 0 Å². The number of fused-ring (bicyclic) bond motifs is 1. The zero-order valence-corrected chi connectivity index (χ0v) is 27.2. The molecule has 12 nitrogen and oxygen atoms in total. The predicted octanol–water partition coefficient (Wildman–Crippen LogP) is 2.59. The normalized spacial score (nSPS) is 11.1. The fraction of sp³-hybridized carbons (Fsp3) is 0.533. The van der Waals surface area contributed by atoms with Crippen LogP contribution in [0.15, 0.2) is 35.1 Å². The van der Waals surface area contributed by atoms with Crippen LogP contribution in [0.2, 0.25) is 0 Å². The van der Waals surface area contributed by atoms with Gasteiger partial charge in [0.2, 0.25) is 5.91 Å². The maximum atomic E-state index is 12.7. The number of pyridine rings is 1. The van der Waals surface area contributed by atoms with Gasteiger partial charge in [-0.1, -0.05) is 48.1 Å². The van der Waals surface area contributed by atoms with Gasteiger partial charge in [-0.05, 0) is 76.0 Å². The van der Waals surface area contributed by atoms with Gasteiger partial charge < -0.3 is 37.3 Å². The third-order valence-electron chi connectivity index (χ3n) is 6.89. The molecule has 0 unspecified atom stereocenters. The first-order chi connectivity index (χ1) is 20.9. The number of unbranched alkanes of at least 4 members (excludes halogenated alkanes) is 2. The number of nitrogens with zero attached hydrogens (tertiary/aromatic N) is 2. The zero-order valence-electron chi connectivity index (χ0n) is 25.1. The van der Waals surface area contributed by atoms with Crippen LogP contribution in [0.1, 0.15) is 61.4 Å². The molecule has 0 fully saturated rings. The lowest BCUT2D eigenvalue weighted by molar-refractivity contribution is -0.120. The van der Waals surface area contributed by atoms with Crippen LogP contribution in [0.3, 0.4) is 0 Å². The number of benzene rings is 1. The summed E-state index contributed by atoms with van der Waals surface area (Å²) < 4.78 is 2.79. The highest BCUT2D eigenvalue weighted by molar-refractivity contribution is 14.1. The second-order valence-electron chi connectivity index (χ2n) is 10.4. The van der Waals surface area contributed by atoms with E-state index in [-0.39, 0.29) is 29.9 Å². The smallest absolute Gasteiger partial charge is 0.326 e. The Balaban J connectivity index is 1.38. The predicted molar refractivity (Wildman–Crippen MR) is 182 cm³/mol. The minimum atomic E-state index is -0.335. The summed E-state index contributed by atoms with van der Waals surface area (Å²) in [6, 6.07) is 8.77. The van der Waals surface area contributed by atoms with Crippen molar-refractivity contribution < 1.29 is 9.59 Å². The Morgan fingerprint density at radius 3 is 2.33 bits per heavy atom. The van der Waals surface area contributed by atoms with Crippen LogP contribution in [-0.4, -0.2) is 76.6 Å². The molecule has 0 atom stereocenters. The van der Waals surface area contributed by atoms with Crippen molar-refractivity contribution in [1.82, 2.24) is 35.8 Å². The molecule has 236 valence electrons. The number of anilines is 2. The molecular formula is C30H46IN9O3. The Morgan fingerprint density at radius 1 is 0.930 bits per heavy atom. The molecule has 0 spiro atoms. The molecule has 3 aromatic rings. The quantitative estimate of drug-likeness (QED) is 0.0504. The van der Waals surface area contributed by atoms with Gasteiger partial charge >= 0.3 is 5.69 Å². The monoisotopic (exact) mass is 707 g/mol. The number of imidazole rings is 1. The molecule has 0 aliphatic heterocycles. The fourth-order valence-corrected chi connectivity index (χ4v) is 4.85. The number of carbonyl (C=O) groups excluding carboxylic acids is 2. The van der Waals surface area contributed by atoms with Gasteiger partial charge in [0, 0.05) is 29.1 Å². The van der Waals surface area contributed by atoms with Gasteiger partial charge in [0.25, 0.3) is 5.91 Å². The van der Waals surface area contributed by atoms with Crippen molar-refractivity contribution in [1.29, 1.82) is 0 Å².